The second-order valence-corrected chi connectivity index (χ2v) is 8.45. The Kier molecular flexibility index (Phi) is 6.82. The topological polar surface area (TPSA) is 64.4 Å². The second kappa shape index (κ2) is 9.76. The van der Waals surface area contributed by atoms with Gasteiger partial charge in [0.15, 0.2) is 0 Å². The Bertz CT molecular complexity index is 1120. The molecule has 0 aliphatic carbocycles. The first-order valence-corrected chi connectivity index (χ1v) is 11.3. The molecule has 32 heavy (non-hydrogen) atoms. The van der Waals surface area contributed by atoms with Crippen LogP contribution in [0.2, 0.25) is 10.0 Å². The third-order valence-electron chi connectivity index (χ3n) is 5.55. The summed E-state index contributed by atoms with van der Waals surface area (Å²) in [7, 11) is 0. The number of carbonyl (C=O) groups excluding carboxylic acids is 2. The molecule has 0 saturated carbocycles. The summed E-state index contributed by atoms with van der Waals surface area (Å²) in [5.41, 5.74) is 2.50. The molecule has 1 aromatic heterocycles. The van der Waals surface area contributed by atoms with Crippen molar-refractivity contribution in [2.45, 2.75) is 19.8 Å². The van der Waals surface area contributed by atoms with Gasteiger partial charge in [-0.1, -0.05) is 41.4 Å². The molecular weight excluding hydrogens is 449 g/mol. The highest BCUT2D eigenvalue weighted by molar-refractivity contribution is 6.33. The fourth-order valence-electron chi connectivity index (χ4n) is 3.85. The number of benzene rings is 2. The average Bonchev–Trinajstić information content (AvgIpc) is 3.25. The molecule has 166 valence electrons. The fourth-order valence-corrected chi connectivity index (χ4v) is 4.21. The summed E-state index contributed by atoms with van der Waals surface area (Å²) in [5, 5.41) is 5.85. The lowest BCUT2D eigenvalue weighted by molar-refractivity contribution is -0.149. The molecule has 1 aliphatic heterocycles. The molecule has 2 aromatic carbocycles. The minimum atomic E-state index is -0.188. The monoisotopic (exact) mass is 471 g/mol. The molecule has 0 radical (unpaired) electrons. The zero-order valence-electron chi connectivity index (χ0n) is 17.6. The van der Waals surface area contributed by atoms with Gasteiger partial charge in [0.1, 0.15) is 5.69 Å². The smallest absolute Gasteiger partial charge is 0.309 e. The Labute approximate surface area is 196 Å². The van der Waals surface area contributed by atoms with Gasteiger partial charge in [-0.3, -0.25) is 9.59 Å². The quantitative estimate of drug-likeness (QED) is 0.475. The van der Waals surface area contributed by atoms with E-state index in [0.29, 0.717) is 54.0 Å². The van der Waals surface area contributed by atoms with Gasteiger partial charge in [0.2, 0.25) is 0 Å². The van der Waals surface area contributed by atoms with Crippen molar-refractivity contribution in [3.8, 4) is 16.9 Å². The summed E-state index contributed by atoms with van der Waals surface area (Å²) >= 11 is 12.4. The van der Waals surface area contributed by atoms with Gasteiger partial charge in [-0.25, -0.2) is 4.68 Å². The molecule has 0 bridgehead atoms. The molecule has 0 atom stereocenters. The highest BCUT2D eigenvalue weighted by Gasteiger charge is 2.30. The van der Waals surface area contributed by atoms with Gasteiger partial charge in [0.25, 0.3) is 5.91 Å². The Morgan fingerprint density at radius 1 is 1.06 bits per heavy atom. The Morgan fingerprint density at radius 2 is 1.75 bits per heavy atom. The van der Waals surface area contributed by atoms with Crippen LogP contribution in [-0.4, -0.2) is 46.3 Å². The van der Waals surface area contributed by atoms with Crippen LogP contribution >= 0.6 is 23.2 Å². The summed E-state index contributed by atoms with van der Waals surface area (Å²) in [5.74, 6) is -0.501. The minimum Gasteiger partial charge on any atom is -0.466 e. The molecule has 1 aliphatic rings. The summed E-state index contributed by atoms with van der Waals surface area (Å²) in [6.07, 6.45) is 1.16. The lowest BCUT2D eigenvalue weighted by Crippen LogP contribution is -2.41. The molecular formula is C24H23Cl2N3O3. The molecule has 1 saturated heterocycles. The standard InChI is InChI=1S/C24H23Cl2N3O3/c1-2-32-24(31)16-11-13-28(14-12-16)23(30)22-15-21(19-5-3-4-6-20(19)26)27-29(22)18-9-7-17(25)8-10-18/h3-10,15-16H,2,11-14H2,1H3. The van der Waals surface area contributed by atoms with E-state index >= 15 is 0 Å². The zero-order valence-corrected chi connectivity index (χ0v) is 19.1. The van der Waals surface area contributed by atoms with Crippen LogP contribution in [0.3, 0.4) is 0 Å². The van der Waals surface area contributed by atoms with Crippen LogP contribution in [0.15, 0.2) is 54.6 Å². The third-order valence-corrected chi connectivity index (χ3v) is 6.13. The number of rotatable bonds is 5. The Morgan fingerprint density at radius 3 is 2.41 bits per heavy atom. The second-order valence-electron chi connectivity index (χ2n) is 7.60. The van der Waals surface area contributed by atoms with Crippen LogP contribution in [0.5, 0.6) is 0 Å². The summed E-state index contributed by atoms with van der Waals surface area (Å²) in [4.78, 5) is 27.3. The van der Waals surface area contributed by atoms with Crippen molar-refractivity contribution in [3.63, 3.8) is 0 Å². The number of likely N-dealkylation sites (tertiary alicyclic amines) is 1. The lowest BCUT2D eigenvalue weighted by Gasteiger charge is -2.30. The molecule has 4 rings (SSSR count). The predicted octanol–water partition coefficient (Wildman–Crippen LogP) is 5.26. The summed E-state index contributed by atoms with van der Waals surface area (Å²) < 4.78 is 6.75. The fraction of sp³-hybridized carbons (Fsp3) is 0.292. The van der Waals surface area contributed by atoms with E-state index in [4.69, 9.17) is 33.0 Å². The van der Waals surface area contributed by atoms with E-state index < -0.39 is 0 Å². The van der Waals surface area contributed by atoms with E-state index in [0.717, 1.165) is 11.3 Å². The van der Waals surface area contributed by atoms with Crippen LogP contribution < -0.4 is 0 Å². The first kappa shape index (κ1) is 22.4. The third kappa shape index (κ3) is 4.66. The summed E-state index contributed by atoms with van der Waals surface area (Å²) in [6.45, 7) is 3.12. The van der Waals surface area contributed by atoms with Gasteiger partial charge >= 0.3 is 5.97 Å². The number of nitrogens with zero attached hydrogens (tertiary/aromatic N) is 3. The molecule has 0 unspecified atom stereocenters. The van der Waals surface area contributed by atoms with Crippen LogP contribution in [-0.2, 0) is 9.53 Å². The van der Waals surface area contributed by atoms with E-state index in [-0.39, 0.29) is 17.8 Å². The number of piperidine rings is 1. The number of hydrogen-bond acceptors (Lipinski definition) is 4. The molecule has 0 spiro atoms. The van der Waals surface area contributed by atoms with Crippen LogP contribution in [0.25, 0.3) is 16.9 Å². The van der Waals surface area contributed by atoms with Crippen molar-refractivity contribution in [2.24, 2.45) is 5.92 Å². The molecule has 8 heteroatoms. The van der Waals surface area contributed by atoms with E-state index in [1.165, 1.54) is 0 Å². The Balaban J connectivity index is 1.65. The van der Waals surface area contributed by atoms with Crippen LogP contribution in [0, 0.1) is 5.92 Å². The van der Waals surface area contributed by atoms with E-state index in [1.807, 2.05) is 30.3 Å². The highest BCUT2D eigenvalue weighted by Crippen LogP contribution is 2.29. The van der Waals surface area contributed by atoms with E-state index in [2.05, 4.69) is 0 Å². The molecule has 0 N–H and O–H groups in total. The lowest BCUT2D eigenvalue weighted by atomic mass is 9.97. The molecule has 6 nitrogen and oxygen atoms in total. The average molecular weight is 472 g/mol. The summed E-state index contributed by atoms with van der Waals surface area (Å²) in [6, 6.07) is 16.3. The SMILES string of the molecule is CCOC(=O)C1CCN(C(=O)c2cc(-c3ccccc3Cl)nn2-c2ccc(Cl)cc2)CC1. The zero-order chi connectivity index (χ0) is 22.7. The number of halogens is 2. The van der Waals surface area contributed by atoms with Crippen molar-refractivity contribution in [1.29, 1.82) is 0 Å². The number of hydrogen-bond donors (Lipinski definition) is 0. The van der Waals surface area contributed by atoms with Gasteiger partial charge in [-0.15, -0.1) is 0 Å². The normalized spacial score (nSPS) is 14.4. The largest absolute Gasteiger partial charge is 0.466 e. The maximum absolute atomic E-state index is 13.5. The number of esters is 1. The maximum atomic E-state index is 13.5. The van der Waals surface area contributed by atoms with E-state index in [1.54, 1.807) is 40.8 Å². The molecule has 2 heterocycles. The maximum Gasteiger partial charge on any atom is 0.309 e. The van der Waals surface area contributed by atoms with Crippen LogP contribution in [0.4, 0.5) is 0 Å². The van der Waals surface area contributed by atoms with Gasteiger partial charge in [0, 0.05) is 23.7 Å². The predicted molar refractivity (Wildman–Crippen MR) is 124 cm³/mol. The minimum absolute atomic E-state index is 0.145. The van der Waals surface area contributed by atoms with Crippen LogP contribution in [0.1, 0.15) is 30.3 Å². The number of ether oxygens (including phenoxy) is 1. The van der Waals surface area contributed by atoms with Gasteiger partial charge in [0.05, 0.1) is 28.9 Å². The van der Waals surface area contributed by atoms with Crippen molar-refractivity contribution in [3.05, 3.63) is 70.3 Å². The number of carbonyl (C=O) groups is 2. The van der Waals surface area contributed by atoms with Crippen molar-refractivity contribution < 1.29 is 14.3 Å². The Hall–Kier alpha value is -2.83. The van der Waals surface area contributed by atoms with Gasteiger partial charge < -0.3 is 9.64 Å². The highest BCUT2D eigenvalue weighted by atomic mass is 35.5. The van der Waals surface area contributed by atoms with Gasteiger partial charge in [-0.2, -0.15) is 5.10 Å². The first-order valence-electron chi connectivity index (χ1n) is 10.5. The van der Waals surface area contributed by atoms with Crippen molar-refractivity contribution >= 4 is 35.1 Å². The first-order chi connectivity index (χ1) is 15.5. The van der Waals surface area contributed by atoms with Crippen molar-refractivity contribution in [1.82, 2.24) is 14.7 Å². The molecule has 3 aromatic rings. The number of amides is 1. The molecule has 1 fully saturated rings. The van der Waals surface area contributed by atoms with E-state index in [9.17, 15) is 9.59 Å². The van der Waals surface area contributed by atoms with Crippen molar-refractivity contribution in [2.75, 3.05) is 19.7 Å². The number of aromatic nitrogens is 2. The molecule has 1 amide bonds. The van der Waals surface area contributed by atoms with Gasteiger partial charge in [-0.05, 0) is 56.2 Å².